The van der Waals surface area contributed by atoms with Crippen LogP contribution in [0.25, 0.3) is 10.6 Å². The van der Waals surface area contributed by atoms with Crippen LogP contribution in [-0.4, -0.2) is 30.2 Å². The zero-order chi connectivity index (χ0) is 13.2. The van der Waals surface area contributed by atoms with E-state index in [1.165, 1.54) is 24.2 Å². The summed E-state index contributed by atoms with van der Waals surface area (Å²) in [7, 11) is 1.69. The van der Waals surface area contributed by atoms with Gasteiger partial charge in [-0.1, -0.05) is 11.3 Å². The fourth-order valence-corrected chi connectivity index (χ4v) is 3.92. The predicted octanol–water partition coefficient (Wildman–Crippen LogP) is 2.60. The molecule has 3 heterocycles. The lowest BCUT2D eigenvalue weighted by Crippen LogP contribution is -2.17. The van der Waals surface area contributed by atoms with Gasteiger partial charge in [0.25, 0.3) is 0 Å². The van der Waals surface area contributed by atoms with Crippen LogP contribution in [0.1, 0.15) is 18.5 Å². The Morgan fingerprint density at radius 3 is 2.79 bits per heavy atom. The summed E-state index contributed by atoms with van der Waals surface area (Å²) in [5, 5.41) is 3.65. The molecule has 0 aliphatic carbocycles. The lowest BCUT2D eigenvalue weighted by molar-refractivity contribution is 0.182. The van der Waals surface area contributed by atoms with Crippen molar-refractivity contribution in [1.29, 1.82) is 0 Å². The van der Waals surface area contributed by atoms with E-state index >= 15 is 0 Å². The average Bonchev–Trinajstić information content (AvgIpc) is 3.08. The van der Waals surface area contributed by atoms with Crippen LogP contribution in [0.2, 0.25) is 0 Å². The van der Waals surface area contributed by atoms with Gasteiger partial charge < -0.3 is 15.4 Å². The second-order valence-corrected chi connectivity index (χ2v) is 6.34. The van der Waals surface area contributed by atoms with Crippen molar-refractivity contribution in [2.45, 2.75) is 19.4 Å². The van der Waals surface area contributed by atoms with E-state index in [0.29, 0.717) is 11.7 Å². The third-order valence-corrected chi connectivity index (χ3v) is 4.95. The fourth-order valence-electron chi connectivity index (χ4n) is 2.21. The number of rotatable bonds is 4. The van der Waals surface area contributed by atoms with Gasteiger partial charge >= 0.3 is 0 Å². The van der Waals surface area contributed by atoms with E-state index < -0.39 is 0 Å². The summed E-state index contributed by atoms with van der Waals surface area (Å²) >= 11 is 3.15. The third-order valence-electron chi connectivity index (χ3n) is 3.10. The topological polar surface area (TPSA) is 64.3 Å². The molecule has 0 unspecified atom stereocenters. The van der Waals surface area contributed by atoms with Crippen LogP contribution in [-0.2, 0) is 11.3 Å². The molecule has 2 N–H and O–H groups in total. The van der Waals surface area contributed by atoms with E-state index in [-0.39, 0.29) is 0 Å². The molecule has 1 aliphatic heterocycles. The Bertz CT molecular complexity index is 560. The van der Waals surface area contributed by atoms with Gasteiger partial charge in [0.1, 0.15) is 0 Å². The van der Waals surface area contributed by atoms with Crippen molar-refractivity contribution in [1.82, 2.24) is 9.97 Å². The summed E-state index contributed by atoms with van der Waals surface area (Å²) in [6, 6.07) is 0. The summed E-state index contributed by atoms with van der Waals surface area (Å²) < 4.78 is 5.24. The van der Waals surface area contributed by atoms with Gasteiger partial charge in [-0.2, -0.15) is 0 Å². The van der Waals surface area contributed by atoms with Crippen LogP contribution in [0, 0.1) is 0 Å². The zero-order valence-corrected chi connectivity index (χ0v) is 12.4. The van der Waals surface area contributed by atoms with E-state index in [1.807, 2.05) is 5.38 Å². The minimum atomic E-state index is 0.511. The lowest BCUT2D eigenvalue weighted by Gasteiger charge is -2.12. The van der Waals surface area contributed by atoms with Gasteiger partial charge in [0.05, 0.1) is 22.9 Å². The summed E-state index contributed by atoms with van der Waals surface area (Å²) in [4.78, 5) is 12.5. The van der Waals surface area contributed by atoms with Crippen molar-refractivity contribution in [3.8, 4) is 10.6 Å². The molecule has 2 aromatic heterocycles. The van der Waals surface area contributed by atoms with Gasteiger partial charge in [-0.25, -0.2) is 9.97 Å². The Labute approximate surface area is 120 Å². The highest BCUT2D eigenvalue weighted by Crippen LogP contribution is 2.37. The maximum absolute atomic E-state index is 5.72. The molecule has 7 heteroatoms. The second kappa shape index (κ2) is 5.44. The first kappa shape index (κ1) is 12.8. The summed E-state index contributed by atoms with van der Waals surface area (Å²) in [5.41, 5.74) is 7.59. The highest BCUT2D eigenvalue weighted by molar-refractivity contribution is 7.19. The van der Waals surface area contributed by atoms with Crippen molar-refractivity contribution < 1.29 is 4.74 Å². The molecular formula is C12H16N4OS2. The molecule has 0 radical (unpaired) electrons. The quantitative estimate of drug-likeness (QED) is 0.939. The SMILES string of the molecule is COCc1nc(N2CCCC2)sc1-c1csc(N)n1. The number of methoxy groups -OCH3 is 1. The Morgan fingerprint density at radius 2 is 2.16 bits per heavy atom. The molecule has 3 rings (SSSR count). The van der Waals surface area contributed by atoms with Crippen LogP contribution in [0.5, 0.6) is 0 Å². The van der Waals surface area contributed by atoms with E-state index in [1.54, 1.807) is 18.4 Å². The fraction of sp³-hybridized carbons (Fsp3) is 0.500. The first-order valence-corrected chi connectivity index (χ1v) is 7.92. The van der Waals surface area contributed by atoms with E-state index in [0.717, 1.165) is 34.5 Å². The highest BCUT2D eigenvalue weighted by Gasteiger charge is 2.21. The van der Waals surface area contributed by atoms with Crippen LogP contribution >= 0.6 is 22.7 Å². The van der Waals surface area contributed by atoms with Crippen LogP contribution in [0.3, 0.4) is 0 Å². The Hall–Kier alpha value is -1.18. The molecule has 0 atom stereocenters. The predicted molar refractivity (Wildman–Crippen MR) is 79.8 cm³/mol. The number of nitrogens with two attached hydrogens (primary N) is 1. The molecular weight excluding hydrogens is 280 g/mol. The largest absolute Gasteiger partial charge is 0.378 e. The molecule has 1 aliphatic rings. The number of hydrogen-bond acceptors (Lipinski definition) is 7. The lowest BCUT2D eigenvalue weighted by atomic mass is 10.3. The minimum Gasteiger partial charge on any atom is -0.378 e. The number of thiazole rings is 2. The molecule has 5 nitrogen and oxygen atoms in total. The molecule has 19 heavy (non-hydrogen) atoms. The Kier molecular flexibility index (Phi) is 3.67. The van der Waals surface area contributed by atoms with E-state index in [4.69, 9.17) is 15.5 Å². The number of nitrogens with zero attached hydrogens (tertiary/aromatic N) is 3. The van der Waals surface area contributed by atoms with E-state index in [2.05, 4.69) is 9.88 Å². The van der Waals surface area contributed by atoms with E-state index in [9.17, 15) is 0 Å². The summed E-state index contributed by atoms with van der Waals surface area (Å²) in [6.45, 7) is 2.70. The standard InChI is InChI=1S/C12H16N4OS2/c1-17-6-8-10(9-7-18-11(13)14-9)19-12(15-8)16-4-2-3-5-16/h7H,2-6H2,1H3,(H2,13,14). The summed E-state index contributed by atoms with van der Waals surface area (Å²) in [6.07, 6.45) is 2.50. The monoisotopic (exact) mass is 296 g/mol. The van der Waals surface area contributed by atoms with Gasteiger partial charge in [-0.05, 0) is 12.8 Å². The van der Waals surface area contributed by atoms with Gasteiger partial charge in [-0.15, -0.1) is 11.3 Å². The minimum absolute atomic E-state index is 0.511. The summed E-state index contributed by atoms with van der Waals surface area (Å²) in [5.74, 6) is 0. The van der Waals surface area contributed by atoms with Crippen LogP contribution in [0.15, 0.2) is 5.38 Å². The number of anilines is 2. The molecule has 0 spiro atoms. The number of hydrogen-bond donors (Lipinski definition) is 1. The van der Waals surface area contributed by atoms with Crippen molar-refractivity contribution in [3.63, 3.8) is 0 Å². The highest BCUT2D eigenvalue weighted by atomic mass is 32.1. The first-order valence-electron chi connectivity index (χ1n) is 6.23. The second-order valence-electron chi connectivity index (χ2n) is 4.47. The molecule has 0 aromatic carbocycles. The molecule has 0 saturated carbocycles. The first-order chi connectivity index (χ1) is 9.28. The Morgan fingerprint density at radius 1 is 1.37 bits per heavy atom. The van der Waals surface area contributed by atoms with Crippen LogP contribution < -0.4 is 10.6 Å². The van der Waals surface area contributed by atoms with Crippen molar-refractivity contribution >= 4 is 32.9 Å². The maximum atomic E-state index is 5.72. The molecule has 0 bridgehead atoms. The molecule has 2 aromatic rings. The van der Waals surface area contributed by atoms with Gasteiger partial charge in [0.2, 0.25) is 0 Å². The molecule has 1 fully saturated rings. The Balaban J connectivity index is 1.96. The number of ether oxygens (including phenoxy) is 1. The maximum Gasteiger partial charge on any atom is 0.186 e. The van der Waals surface area contributed by atoms with Crippen molar-refractivity contribution in [2.24, 2.45) is 0 Å². The van der Waals surface area contributed by atoms with Gasteiger partial charge in [0.15, 0.2) is 10.3 Å². The molecule has 102 valence electrons. The normalized spacial score (nSPS) is 15.3. The number of nitrogen functional groups attached to an aromatic ring is 1. The molecule has 0 amide bonds. The average molecular weight is 296 g/mol. The van der Waals surface area contributed by atoms with Gasteiger partial charge in [0, 0.05) is 25.6 Å². The van der Waals surface area contributed by atoms with Gasteiger partial charge in [-0.3, -0.25) is 0 Å². The molecule has 1 saturated heterocycles. The van der Waals surface area contributed by atoms with Crippen LogP contribution in [0.4, 0.5) is 10.3 Å². The zero-order valence-electron chi connectivity index (χ0n) is 10.8. The van der Waals surface area contributed by atoms with Crippen molar-refractivity contribution in [2.75, 3.05) is 30.8 Å². The smallest absolute Gasteiger partial charge is 0.186 e. The van der Waals surface area contributed by atoms with Crippen molar-refractivity contribution in [3.05, 3.63) is 11.1 Å². The third kappa shape index (κ3) is 2.58. The number of aromatic nitrogens is 2.